The van der Waals surface area contributed by atoms with Crippen molar-refractivity contribution in [3.05, 3.63) is 41.7 Å². The van der Waals surface area contributed by atoms with E-state index in [0.29, 0.717) is 12.1 Å². The maximum Gasteiger partial charge on any atom is 0.254 e. The molecule has 6 nitrogen and oxygen atoms in total. The predicted octanol–water partition coefficient (Wildman–Crippen LogP) is 1.09. The van der Waals surface area contributed by atoms with Crippen molar-refractivity contribution in [2.45, 2.75) is 6.54 Å². The van der Waals surface area contributed by atoms with Crippen LogP contribution in [0.3, 0.4) is 0 Å². The second-order valence-electron chi connectivity index (χ2n) is 3.97. The van der Waals surface area contributed by atoms with Gasteiger partial charge < -0.3 is 15.1 Å². The summed E-state index contributed by atoms with van der Waals surface area (Å²) in [7, 11) is 1.65. The number of aromatic hydroxyl groups is 2. The molecule has 94 valence electrons. The smallest absolute Gasteiger partial charge is 0.254 e. The summed E-state index contributed by atoms with van der Waals surface area (Å²) in [5, 5.41) is 25.0. The van der Waals surface area contributed by atoms with Crippen LogP contribution in [-0.2, 0) is 6.54 Å². The molecule has 1 aromatic heterocycles. The van der Waals surface area contributed by atoms with E-state index in [2.05, 4.69) is 10.2 Å². The van der Waals surface area contributed by atoms with Crippen molar-refractivity contribution in [2.24, 2.45) is 0 Å². The molecule has 0 saturated heterocycles. The molecule has 3 N–H and O–H groups in total. The van der Waals surface area contributed by atoms with E-state index in [4.69, 9.17) is 0 Å². The standard InChI is InChI=1S/C12H13N3O3/c1-15(7-8-5-13-14-6-8)12(18)9-2-3-10(16)11(17)4-9/h2-6,16-17H,7H2,1H3,(H,13,14). The lowest BCUT2D eigenvalue weighted by Crippen LogP contribution is -2.25. The first-order chi connectivity index (χ1) is 8.58. The summed E-state index contributed by atoms with van der Waals surface area (Å²) in [6, 6.07) is 3.99. The van der Waals surface area contributed by atoms with E-state index in [1.807, 2.05) is 0 Å². The Labute approximate surface area is 103 Å². The molecule has 0 aliphatic heterocycles. The van der Waals surface area contributed by atoms with Gasteiger partial charge in [0, 0.05) is 30.9 Å². The van der Waals surface area contributed by atoms with Crippen molar-refractivity contribution in [1.82, 2.24) is 15.1 Å². The highest BCUT2D eigenvalue weighted by atomic mass is 16.3. The molecule has 6 heteroatoms. The minimum atomic E-state index is -0.308. The van der Waals surface area contributed by atoms with Gasteiger partial charge in [0.25, 0.3) is 5.91 Å². The van der Waals surface area contributed by atoms with Crippen LogP contribution in [0.4, 0.5) is 0 Å². The highest BCUT2D eigenvalue weighted by Gasteiger charge is 2.14. The van der Waals surface area contributed by atoms with E-state index in [0.717, 1.165) is 5.56 Å². The number of aromatic amines is 1. The van der Waals surface area contributed by atoms with Gasteiger partial charge in [0.15, 0.2) is 11.5 Å². The third-order valence-electron chi connectivity index (χ3n) is 2.54. The third-order valence-corrected chi connectivity index (χ3v) is 2.54. The maximum absolute atomic E-state index is 12.0. The summed E-state index contributed by atoms with van der Waals surface area (Å²) in [6.45, 7) is 0.414. The van der Waals surface area contributed by atoms with Gasteiger partial charge in [0.05, 0.1) is 6.20 Å². The number of aromatic nitrogens is 2. The lowest BCUT2D eigenvalue weighted by Gasteiger charge is -2.16. The Kier molecular flexibility index (Phi) is 3.18. The predicted molar refractivity (Wildman–Crippen MR) is 64.2 cm³/mol. The largest absolute Gasteiger partial charge is 0.504 e. The molecule has 0 saturated carbocycles. The molecule has 1 heterocycles. The van der Waals surface area contributed by atoms with Crippen molar-refractivity contribution in [2.75, 3.05) is 7.05 Å². The molecular weight excluding hydrogens is 234 g/mol. The SMILES string of the molecule is CN(Cc1cn[nH]c1)C(=O)c1ccc(O)c(O)c1. The lowest BCUT2D eigenvalue weighted by molar-refractivity contribution is 0.0784. The lowest BCUT2D eigenvalue weighted by atomic mass is 10.1. The van der Waals surface area contributed by atoms with Crippen LogP contribution in [-0.4, -0.2) is 38.3 Å². The number of nitrogens with zero attached hydrogens (tertiary/aromatic N) is 2. The molecule has 2 rings (SSSR count). The van der Waals surface area contributed by atoms with Crippen LogP contribution in [0.25, 0.3) is 0 Å². The zero-order valence-electron chi connectivity index (χ0n) is 9.79. The number of amides is 1. The molecule has 18 heavy (non-hydrogen) atoms. The van der Waals surface area contributed by atoms with Gasteiger partial charge in [-0.25, -0.2) is 0 Å². The monoisotopic (exact) mass is 247 g/mol. The first kappa shape index (κ1) is 12.0. The fraction of sp³-hybridized carbons (Fsp3) is 0.167. The van der Waals surface area contributed by atoms with Crippen LogP contribution in [0.1, 0.15) is 15.9 Å². The number of hydrogen-bond donors (Lipinski definition) is 3. The first-order valence-corrected chi connectivity index (χ1v) is 5.33. The van der Waals surface area contributed by atoms with Crippen LogP contribution < -0.4 is 0 Å². The molecule has 1 amide bonds. The molecule has 0 aliphatic carbocycles. The minimum Gasteiger partial charge on any atom is -0.504 e. The summed E-state index contributed by atoms with van der Waals surface area (Å²) in [6.07, 6.45) is 3.34. The van der Waals surface area contributed by atoms with Crippen LogP contribution >= 0.6 is 0 Å². The topological polar surface area (TPSA) is 89.5 Å². The average Bonchev–Trinajstić information content (AvgIpc) is 2.84. The normalized spacial score (nSPS) is 10.3. The molecule has 1 aromatic carbocycles. The Morgan fingerprint density at radius 3 is 2.78 bits per heavy atom. The van der Waals surface area contributed by atoms with Crippen LogP contribution in [0.2, 0.25) is 0 Å². The summed E-state index contributed by atoms with van der Waals surface area (Å²) in [5.41, 5.74) is 1.20. The Hall–Kier alpha value is -2.50. The number of H-pyrrole nitrogens is 1. The van der Waals surface area contributed by atoms with E-state index in [-0.39, 0.29) is 17.4 Å². The highest BCUT2D eigenvalue weighted by molar-refractivity contribution is 5.94. The molecular formula is C12H13N3O3. The van der Waals surface area contributed by atoms with Crippen molar-refractivity contribution in [1.29, 1.82) is 0 Å². The third kappa shape index (κ3) is 2.42. The van der Waals surface area contributed by atoms with Crippen LogP contribution in [0.5, 0.6) is 11.5 Å². The van der Waals surface area contributed by atoms with Crippen molar-refractivity contribution in [3.63, 3.8) is 0 Å². The summed E-state index contributed by atoms with van der Waals surface area (Å²) in [4.78, 5) is 13.5. The second-order valence-corrected chi connectivity index (χ2v) is 3.97. The number of rotatable bonds is 3. The number of carbonyl (C=O) groups excluding carboxylic acids is 1. The van der Waals surface area contributed by atoms with Crippen LogP contribution in [0.15, 0.2) is 30.6 Å². The molecule has 0 atom stereocenters. The van der Waals surface area contributed by atoms with Gasteiger partial charge in [0.1, 0.15) is 0 Å². The number of benzene rings is 1. The van der Waals surface area contributed by atoms with Gasteiger partial charge in [0.2, 0.25) is 0 Å². The fourth-order valence-corrected chi connectivity index (χ4v) is 1.59. The van der Waals surface area contributed by atoms with Gasteiger partial charge in [-0.2, -0.15) is 5.10 Å². The Balaban J connectivity index is 2.12. The zero-order valence-corrected chi connectivity index (χ0v) is 9.79. The quantitative estimate of drug-likeness (QED) is 0.708. The molecule has 0 fully saturated rings. The molecule has 0 bridgehead atoms. The first-order valence-electron chi connectivity index (χ1n) is 5.33. The van der Waals surface area contributed by atoms with E-state index in [1.165, 1.54) is 23.1 Å². The van der Waals surface area contributed by atoms with E-state index >= 15 is 0 Å². The Morgan fingerprint density at radius 2 is 2.17 bits per heavy atom. The minimum absolute atomic E-state index is 0.244. The Bertz CT molecular complexity index is 552. The zero-order chi connectivity index (χ0) is 13.1. The number of phenolic OH excluding ortho intramolecular Hbond substituents is 2. The summed E-state index contributed by atoms with van der Waals surface area (Å²) < 4.78 is 0. The summed E-state index contributed by atoms with van der Waals surface area (Å²) >= 11 is 0. The molecule has 0 spiro atoms. The fourth-order valence-electron chi connectivity index (χ4n) is 1.59. The van der Waals surface area contributed by atoms with Crippen molar-refractivity contribution >= 4 is 5.91 Å². The van der Waals surface area contributed by atoms with Gasteiger partial charge >= 0.3 is 0 Å². The second kappa shape index (κ2) is 4.79. The number of carbonyl (C=O) groups is 1. The highest BCUT2D eigenvalue weighted by Crippen LogP contribution is 2.25. The average molecular weight is 247 g/mol. The van der Waals surface area contributed by atoms with Gasteiger partial charge in [-0.1, -0.05) is 0 Å². The Morgan fingerprint density at radius 1 is 1.39 bits per heavy atom. The molecule has 0 aliphatic rings. The molecule has 2 aromatic rings. The number of nitrogens with one attached hydrogen (secondary N) is 1. The molecule has 0 unspecified atom stereocenters. The van der Waals surface area contributed by atoms with Gasteiger partial charge in [-0.3, -0.25) is 9.89 Å². The summed E-state index contributed by atoms with van der Waals surface area (Å²) in [5.74, 6) is -0.798. The maximum atomic E-state index is 12.0. The van der Waals surface area contributed by atoms with Gasteiger partial charge in [-0.15, -0.1) is 0 Å². The number of hydrogen-bond acceptors (Lipinski definition) is 4. The van der Waals surface area contributed by atoms with Crippen molar-refractivity contribution < 1.29 is 15.0 Å². The van der Waals surface area contributed by atoms with Gasteiger partial charge in [-0.05, 0) is 18.2 Å². The molecule has 0 radical (unpaired) electrons. The number of phenols is 2. The van der Waals surface area contributed by atoms with E-state index in [1.54, 1.807) is 19.4 Å². The van der Waals surface area contributed by atoms with Crippen molar-refractivity contribution in [3.8, 4) is 11.5 Å². The van der Waals surface area contributed by atoms with E-state index < -0.39 is 0 Å². The van der Waals surface area contributed by atoms with Crippen LogP contribution in [0, 0.1) is 0 Å². The van der Waals surface area contributed by atoms with E-state index in [9.17, 15) is 15.0 Å².